The van der Waals surface area contributed by atoms with Gasteiger partial charge in [0, 0.05) is 44.9 Å². The number of guanidine groups is 1. The Labute approximate surface area is 193 Å². The first-order chi connectivity index (χ1) is 13.3. The zero-order valence-corrected chi connectivity index (χ0v) is 21.2. The molecule has 1 amide bonds. The van der Waals surface area contributed by atoms with Crippen LogP contribution in [0.1, 0.15) is 53.4 Å². The third-order valence-corrected chi connectivity index (χ3v) is 6.63. The first-order valence-corrected chi connectivity index (χ1v) is 10.9. The van der Waals surface area contributed by atoms with E-state index in [2.05, 4.69) is 47.8 Å². The number of aliphatic imine (C=N–C) groups is 1. The molecule has 168 valence electrons. The molecule has 0 bridgehead atoms. The molecule has 3 heterocycles. The first kappa shape index (κ1) is 24.7. The van der Waals surface area contributed by atoms with Gasteiger partial charge in [0.15, 0.2) is 5.96 Å². The van der Waals surface area contributed by atoms with Crippen molar-refractivity contribution in [3.63, 3.8) is 0 Å². The first-order valence-electron chi connectivity index (χ1n) is 10.9. The molecule has 0 spiro atoms. The van der Waals surface area contributed by atoms with Crippen molar-refractivity contribution in [1.82, 2.24) is 20.0 Å². The van der Waals surface area contributed by atoms with Crippen molar-refractivity contribution in [2.24, 2.45) is 4.99 Å². The number of rotatable bonds is 4. The number of carbonyl (C=O) groups is 1. The molecule has 0 unspecified atom stereocenters. The van der Waals surface area contributed by atoms with E-state index < -0.39 is 0 Å². The Hall–Kier alpha value is -0.610. The van der Waals surface area contributed by atoms with E-state index in [1.165, 1.54) is 25.9 Å². The minimum absolute atomic E-state index is 0. The van der Waals surface area contributed by atoms with Crippen molar-refractivity contribution in [3.05, 3.63) is 0 Å². The molecular formula is C21H40IN5O2. The summed E-state index contributed by atoms with van der Waals surface area (Å²) in [4.78, 5) is 24.2. The Morgan fingerprint density at radius 3 is 2.34 bits per heavy atom. The van der Waals surface area contributed by atoms with Gasteiger partial charge in [0.25, 0.3) is 0 Å². The van der Waals surface area contributed by atoms with E-state index >= 15 is 0 Å². The predicted octanol–water partition coefficient (Wildman–Crippen LogP) is 2.16. The summed E-state index contributed by atoms with van der Waals surface area (Å²) >= 11 is 0. The summed E-state index contributed by atoms with van der Waals surface area (Å²) in [6.07, 6.45) is 4.69. The van der Waals surface area contributed by atoms with Gasteiger partial charge in [0.1, 0.15) is 0 Å². The second-order valence-electron chi connectivity index (χ2n) is 9.46. The molecule has 0 aromatic heterocycles. The standard InChI is InChI=1S/C21H39N5O2.HI/c1-17(2)26-18(27)14-24(16-20(26,3)4)19(22-5)23-15-21(8-12-28-13-9-21)25-10-6-7-11-25;/h17H,6-16H2,1-5H3,(H,22,23);1H. The van der Waals surface area contributed by atoms with Crippen LogP contribution in [-0.4, -0.2) is 96.7 Å². The van der Waals surface area contributed by atoms with E-state index in [-0.39, 0.29) is 47.0 Å². The lowest BCUT2D eigenvalue weighted by Gasteiger charge is -2.50. The van der Waals surface area contributed by atoms with E-state index in [9.17, 15) is 4.79 Å². The molecule has 29 heavy (non-hydrogen) atoms. The highest BCUT2D eigenvalue weighted by molar-refractivity contribution is 14.0. The number of hydrogen-bond donors (Lipinski definition) is 1. The average molecular weight is 521 g/mol. The normalized spacial score (nSPS) is 25.3. The van der Waals surface area contributed by atoms with Crippen molar-refractivity contribution in [1.29, 1.82) is 0 Å². The van der Waals surface area contributed by atoms with Crippen molar-refractivity contribution in [2.75, 3.05) is 53.0 Å². The molecule has 1 N–H and O–H groups in total. The van der Waals surface area contributed by atoms with Crippen LogP contribution in [0.25, 0.3) is 0 Å². The van der Waals surface area contributed by atoms with Crippen molar-refractivity contribution in [2.45, 2.75) is 70.5 Å². The molecule has 0 aromatic carbocycles. The summed E-state index contributed by atoms with van der Waals surface area (Å²) in [7, 11) is 1.82. The smallest absolute Gasteiger partial charge is 0.242 e. The molecule has 0 atom stereocenters. The quantitative estimate of drug-likeness (QED) is 0.349. The fraction of sp³-hybridized carbons (Fsp3) is 0.905. The van der Waals surface area contributed by atoms with Gasteiger partial charge < -0.3 is 19.9 Å². The van der Waals surface area contributed by atoms with Gasteiger partial charge in [-0.25, -0.2) is 0 Å². The third-order valence-electron chi connectivity index (χ3n) is 6.63. The highest BCUT2D eigenvalue weighted by Crippen LogP contribution is 2.31. The summed E-state index contributed by atoms with van der Waals surface area (Å²) in [6, 6.07) is 0.209. The van der Waals surface area contributed by atoms with E-state index in [4.69, 9.17) is 4.74 Å². The molecule has 3 fully saturated rings. The van der Waals surface area contributed by atoms with Crippen LogP contribution in [0.3, 0.4) is 0 Å². The summed E-state index contributed by atoms with van der Waals surface area (Å²) in [5, 5.41) is 3.64. The maximum Gasteiger partial charge on any atom is 0.242 e. The van der Waals surface area contributed by atoms with E-state index in [0.717, 1.165) is 45.1 Å². The van der Waals surface area contributed by atoms with Gasteiger partial charge >= 0.3 is 0 Å². The van der Waals surface area contributed by atoms with Gasteiger partial charge in [0.2, 0.25) is 5.91 Å². The van der Waals surface area contributed by atoms with Gasteiger partial charge in [0.05, 0.1) is 12.1 Å². The average Bonchev–Trinajstić information content (AvgIpc) is 3.16. The predicted molar refractivity (Wildman–Crippen MR) is 128 cm³/mol. The molecule has 0 radical (unpaired) electrons. The molecule has 3 aliphatic rings. The molecule has 3 aliphatic heterocycles. The monoisotopic (exact) mass is 521 g/mol. The van der Waals surface area contributed by atoms with Gasteiger partial charge in [-0.1, -0.05) is 0 Å². The van der Waals surface area contributed by atoms with Crippen LogP contribution in [0, 0.1) is 0 Å². The zero-order chi connectivity index (χ0) is 20.4. The molecular weight excluding hydrogens is 481 g/mol. The SMILES string of the molecule is CN=C(NCC1(N2CCCC2)CCOCC1)N1CC(=O)N(C(C)C)C(C)(C)C1.I. The van der Waals surface area contributed by atoms with E-state index in [0.29, 0.717) is 6.54 Å². The topological polar surface area (TPSA) is 60.4 Å². The van der Waals surface area contributed by atoms with Crippen LogP contribution in [-0.2, 0) is 9.53 Å². The van der Waals surface area contributed by atoms with Crippen LogP contribution >= 0.6 is 24.0 Å². The molecule has 8 heteroatoms. The van der Waals surface area contributed by atoms with Gasteiger partial charge in [-0.3, -0.25) is 14.7 Å². The number of nitrogens with zero attached hydrogens (tertiary/aromatic N) is 4. The summed E-state index contributed by atoms with van der Waals surface area (Å²) in [5.74, 6) is 1.02. The van der Waals surface area contributed by atoms with Crippen molar-refractivity contribution in [3.8, 4) is 0 Å². The molecule has 3 rings (SSSR count). The maximum absolute atomic E-state index is 12.8. The largest absolute Gasteiger partial charge is 0.381 e. The fourth-order valence-electron chi connectivity index (χ4n) is 5.44. The van der Waals surface area contributed by atoms with Gasteiger partial charge in [-0.15, -0.1) is 24.0 Å². The Balaban J connectivity index is 0.00000300. The maximum atomic E-state index is 12.8. The number of amides is 1. The van der Waals surface area contributed by atoms with Gasteiger partial charge in [-0.2, -0.15) is 0 Å². The summed E-state index contributed by atoms with van der Waals surface area (Å²) in [5.41, 5.74) is -0.0730. The Kier molecular flexibility index (Phi) is 8.61. The number of carbonyl (C=O) groups excluding carboxylic acids is 1. The van der Waals surface area contributed by atoms with Crippen molar-refractivity contribution < 1.29 is 9.53 Å². The third kappa shape index (κ3) is 5.36. The lowest BCUT2D eigenvalue weighted by Crippen LogP contribution is -2.67. The molecule has 0 saturated carbocycles. The van der Waals surface area contributed by atoms with Crippen LogP contribution < -0.4 is 5.32 Å². The second kappa shape index (κ2) is 10.1. The molecule has 0 aliphatic carbocycles. The second-order valence-corrected chi connectivity index (χ2v) is 9.46. The highest BCUT2D eigenvalue weighted by Gasteiger charge is 2.42. The van der Waals surface area contributed by atoms with Crippen LogP contribution in [0.2, 0.25) is 0 Å². The fourth-order valence-corrected chi connectivity index (χ4v) is 5.44. The van der Waals surface area contributed by atoms with E-state index in [1.807, 2.05) is 11.9 Å². The summed E-state index contributed by atoms with van der Waals surface area (Å²) in [6.45, 7) is 14.5. The molecule has 7 nitrogen and oxygen atoms in total. The molecule has 0 aromatic rings. The number of hydrogen-bond acceptors (Lipinski definition) is 4. The Morgan fingerprint density at radius 1 is 1.21 bits per heavy atom. The summed E-state index contributed by atoms with van der Waals surface area (Å²) < 4.78 is 5.66. The van der Waals surface area contributed by atoms with Gasteiger partial charge in [-0.05, 0) is 66.5 Å². The minimum atomic E-state index is -0.216. The number of likely N-dealkylation sites (tertiary alicyclic amines) is 1. The van der Waals surface area contributed by atoms with Crippen LogP contribution in [0.15, 0.2) is 4.99 Å². The minimum Gasteiger partial charge on any atom is -0.381 e. The Bertz CT molecular complexity index is 584. The highest BCUT2D eigenvalue weighted by atomic mass is 127. The Morgan fingerprint density at radius 2 is 1.83 bits per heavy atom. The van der Waals surface area contributed by atoms with Crippen LogP contribution in [0.5, 0.6) is 0 Å². The van der Waals surface area contributed by atoms with Crippen LogP contribution in [0.4, 0.5) is 0 Å². The van der Waals surface area contributed by atoms with Crippen molar-refractivity contribution >= 4 is 35.8 Å². The number of ether oxygens (including phenoxy) is 1. The lowest BCUT2D eigenvalue weighted by atomic mass is 9.88. The lowest BCUT2D eigenvalue weighted by molar-refractivity contribution is -0.145. The number of piperazine rings is 1. The zero-order valence-electron chi connectivity index (χ0n) is 18.9. The molecule has 3 saturated heterocycles. The number of nitrogens with one attached hydrogen (secondary N) is 1. The van der Waals surface area contributed by atoms with E-state index in [1.54, 1.807) is 0 Å². The number of halogens is 1.